The lowest BCUT2D eigenvalue weighted by molar-refractivity contribution is 0.181. The minimum absolute atomic E-state index is 0.354. The van der Waals surface area contributed by atoms with Gasteiger partial charge in [0, 0.05) is 18.7 Å². The third-order valence-electron chi connectivity index (χ3n) is 1.53. The first-order chi connectivity index (χ1) is 5.76. The molecule has 0 radical (unpaired) electrons. The lowest BCUT2D eigenvalue weighted by Crippen LogP contribution is -1.98. The summed E-state index contributed by atoms with van der Waals surface area (Å²) in [6, 6.07) is 0. The van der Waals surface area contributed by atoms with E-state index in [1.807, 2.05) is 13.8 Å². The van der Waals surface area contributed by atoms with Crippen molar-refractivity contribution >= 4 is 11.6 Å². The topological polar surface area (TPSA) is 29.5 Å². The molecule has 0 amide bonds. The lowest BCUT2D eigenvalue weighted by Gasteiger charge is -2.09. The van der Waals surface area contributed by atoms with Gasteiger partial charge in [0.05, 0.1) is 6.61 Å². The van der Waals surface area contributed by atoms with Crippen LogP contribution in [0.15, 0.2) is 11.5 Å². The number of alkyl halides is 1. The molecule has 0 aliphatic heterocycles. The molecule has 0 heterocycles. The van der Waals surface area contributed by atoms with Crippen LogP contribution in [-0.2, 0) is 4.74 Å². The standard InChI is InChI=1S/C9H17ClO2/c1-3-8(11)9(4-2)12-7-5-6-10/h11H,3-7H2,1-2H3/b9-8-. The van der Waals surface area contributed by atoms with Crippen LogP contribution in [0.1, 0.15) is 33.1 Å². The molecule has 0 spiro atoms. The molecule has 12 heavy (non-hydrogen) atoms. The number of rotatable bonds is 6. The maximum absolute atomic E-state index is 9.34. The monoisotopic (exact) mass is 192 g/mol. The Balaban J connectivity index is 3.82. The molecule has 0 saturated heterocycles. The first kappa shape index (κ1) is 11.6. The van der Waals surface area contributed by atoms with Crippen LogP contribution in [0.2, 0.25) is 0 Å². The predicted octanol–water partition coefficient (Wildman–Crippen LogP) is 3.22. The highest BCUT2D eigenvalue weighted by molar-refractivity contribution is 6.17. The van der Waals surface area contributed by atoms with E-state index in [4.69, 9.17) is 16.3 Å². The fourth-order valence-corrected chi connectivity index (χ4v) is 0.946. The van der Waals surface area contributed by atoms with Gasteiger partial charge in [0.1, 0.15) is 11.5 Å². The van der Waals surface area contributed by atoms with E-state index in [2.05, 4.69) is 0 Å². The van der Waals surface area contributed by atoms with E-state index in [0.29, 0.717) is 30.4 Å². The van der Waals surface area contributed by atoms with E-state index in [1.165, 1.54) is 0 Å². The van der Waals surface area contributed by atoms with Crippen molar-refractivity contribution in [3.8, 4) is 0 Å². The molecule has 0 unspecified atom stereocenters. The van der Waals surface area contributed by atoms with Crippen molar-refractivity contribution in [1.82, 2.24) is 0 Å². The predicted molar refractivity (Wildman–Crippen MR) is 51.5 cm³/mol. The van der Waals surface area contributed by atoms with E-state index in [-0.39, 0.29) is 0 Å². The van der Waals surface area contributed by atoms with Crippen molar-refractivity contribution < 1.29 is 9.84 Å². The molecule has 0 aromatic rings. The fraction of sp³-hybridized carbons (Fsp3) is 0.778. The summed E-state index contributed by atoms with van der Waals surface area (Å²) < 4.78 is 5.33. The quantitative estimate of drug-likeness (QED) is 0.398. The summed E-state index contributed by atoms with van der Waals surface area (Å²) >= 11 is 5.48. The van der Waals surface area contributed by atoms with Crippen LogP contribution in [0.3, 0.4) is 0 Å². The smallest absolute Gasteiger partial charge is 0.133 e. The molecular weight excluding hydrogens is 176 g/mol. The Morgan fingerprint density at radius 1 is 1.33 bits per heavy atom. The van der Waals surface area contributed by atoms with Gasteiger partial charge in [-0.2, -0.15) is 0 Å². The number of aliphatic hydroxyl groups excluding tert-OH is 1. The molecule has 72 valence electrons. The van der Waals surface area contributed by atoms with Gasteiger partial charge in [-0.05, 0) is 6.42 Å². The highest BCUT2D eigenvalue weighted by atomic mass is 35.5. The van der Waals surface area contributed by atoms with Crippen molar-refractivity contribution in [3.63, 3.8) is 0 Å². The van der Waals surface area contributed by atoms with Gasteiger partial charge < -0.3 is 9.84 Å². The fourth-order valence-electron chi connectivity index (χ4n) is 0.837. The highest BCUT2D eigenvalue weighted by Crippen LogP contribution is 2.11. The summed E-state index contributed by atoms with van der Waals surface area (Å²) in [6.45, 7) is 4.45. The summed E-state index contributed by atoms with van der Waals surface area (Å²) in [4.78, 5) is 0. The molecule has 0 aliphatic carbocycles. The van der Waals surface area contributed by atoms with Gasteiger partial charge >= 0.3 is 0 Å². The molecule has 0 aliphatic rings. The number of hydrogen-bond donors (Lipinski definition) is 1. The van der Waals surface area contributed by atoms with E-state index in [0.717, 1.165) is 12.8 Å². The molecular formula is C9H17ClO2. The van der Waals surface area contributed by atoms with Gasteiger partial charge in [0.15, 0.2) is 0 Å². The number of allylic oxidation sites excluding steroid dienone is 2. The van der Waals surface area contributed by atoms with E-state index in [9.17, 15) is 5.11 Å². The summed E-state index contributed by atoms with van der Waals surface area (Å²) in [7, 11) is 0. The van der Waals surface area contributed by atoms with E-state index >= 15 is 0 Å². The first-order valence-electron chi connectivity index (χ1n) is 4.35. The van der Waals surface area contributed by atoms with Crippen LogP contribution in [0.5, 0.6) is 0 Å². The molecule has 0 rings (SSSR count). The molecule has 0 bridgehead atoms. The Labute approximate surface area is 79.2 Å². The van der Waals surface area contributed by atoms with Gasteiger partial charge in [-0.25, -0.2) is 0 Å². The summed E-state index contributed by atoms with van der Waals surface area (Å²) in [5, 5.41) is 9.34. The van der Waals surface area contributed by atoms with Crippen LogP contribution in [0, 0.1) is 0 Å². The van der Waals surface area contributed by atoms with Gasteiger partial charge in [0.25, 0.3) is 0 Å². The van der Waals surface area contributed by atoms with Gasteiger partial charge in [-0.3, -0.25) is 0 Å². The van der Waals surface area contributed by atoms with Gasteiger partial charge in [0.2, 0.25) is 0 Å². The zero-order chi connectivity index (χ0) is 9.40. The Hall–Kier alpha value is -0.370. The third-order valence-corrected chi connectivity index (χ3v) is 1.80. The molecule has 0 atom stereocenters. The second-order valence-corrected chi connectivity index (χ2v) is 2.85. The van der Waals surface area contributed by atoms with Crippen LogP contribution in [0.25, 0.3) is 0 Å². The Morgan fingerprint density at radius 2 is 2.00 bits per heavy atom. The number of aliphatic hydroxyl groups is 1. The largest absolute Gasteiger partial charge is 0.509 e. The van der Waals surface area contributed by atoms with Crippen molar-refractivity contribution in [2.24, 2.45) is 0 Å². The van der Waals surface area contributed by atoms with E-state index < -0.39 is 0 Å². The molecule has 2 nitrogen and oxygen atoms in total. The summed E-state index contributed by atoms with van der Waals surface area (Å²) in [6.07, 6.45) is 2.19. The lowest BCUT2D eigenvalue weighted by atomic mass is 10.3. The Bertz CT molecular complexity index is 143. The highest BCUT2D eigenvalue weighted by Gasteiger charge is 2.01. The second kappa shape index (κ2) is 7.29. The zero-order valence-corrected chi connectivity index (χ0v) is 8.52. The average Bonchev–Trinajstić information content (AvgIpc) is 2.11. The molecule has 3 heteroatoms. The minimum Gasteiger partial charge on any atom is -0.509 e. The Morgan fingerprint density at radius 3 is 2.42 bits per heavy atom. The number of hydrogen-bond acceptors (Lipinski definition) is 2. The first-order valence-corrected chi connectivity index (χ1v) is 4.89. The van der Waals surface area contributed by atoms with Crippen LogP contribution >= 0.6 is 11.6 Å². The van der Waals surface area contributed by atoms with Crippen molar-refractivity contribution in [3.05, 3.63) is 11.5 Å². The Kier molecular flexibility index (Phi) is 7.06. The second-order valence-electron chi connectivity index (χ2n) is 2.47. The maximum atomic E-state index is 9.34. The normalized spacial score (nSPS) is 12.6. The number of ether oxygens (including phenoxy) is 1. The van der Waals surface area contributed by atoms with Crippen molar-refractivity contribution in [2.75, 3.05) is 12.5 Å². The van der Waals surface area contributed by atoms with Crippen LogP contribution in [0.4, 0.5) is 0 Å². The SMILES string of the molecule is CC/C(O)=C(\CC)OCCCCl. The third kappa shape index (κ3) is 4.50. The molecule has 0 saturated carbocycles. The van der Waals surface area contributed by atoms with Gasteiger partial charge in [-0.1, -0.05) is 13.8 Å². The van der Waals surface area contributed by atoms with Crippen molar-refractivity contribution in [1.29, 1.82) is 0 Å². The van der Waals surface area contributed by atoms with Crippen molar-refractivity contribution in [2.45, 2.75) is 33.1 Å². The van der Waals surface area contributed by atoms with Crippen LogP contribution < -0.4 is 0 Å². The minimum atomic E-state index is 0.354. The molecule has 1 N–H and O–H groups in total. The van der Waals surface area contributed by atoms with E-state index in [1.54, 1.807) is 0 Å². The average molecular weight is 193 g/mol. The zero-order valence-electron chi connectivity index (χ0n) is 7.77. The van der Waals surface area contributed by atoms with Gasteiger partial charge in [-0.15, -0.1) is 11.6 Å². The molecule has 0 fully saturated rings. The molecule has 0 aromatic carbocycles. The summed E-state index contributed by atoms with van der Waals surface area (Å²) in [5.74, 6) is 1.65. The van der Waals surface area contributed by atoms with Crippen LogP contribution in [-0.4, -0.2) is 17.6 Å². The summed E-state index contributed by atoms with van der Waals surface area (Å²) in [5.41, 5.74) is 0. The molecule has 0 aromatic heterocycles. The number of halogens is 1. The maximum Gasteiger partial charge on any atom is 0.133 e.